The first-order valence-electron chi connectivity index (χ1n) is 5.91. The van der Waals surface area contributed by atoms with Crippen LogP contribution in [0.4, 0.5) is 14.5 Å². The van der Waals surface area contributed by atoms with Crippen LogP contribution in [0.25, 0.3) is 10.2 Å². The maximum absolute atomic E-state index is 13.7. The van der Waals surface area contributed by atoms with E-state index in [4.69, 9.17) is 0 Å². The summed E-state index contributed by atoms with van der Waals surface area (Å²) in [7, 11) is -4.09. The van der Waals surface area contributed by atoms with Gasteiger partial charge in [0.05, 0.1) is 26.3 Å². The number of rotatable bonds is 3. The number of aromatic hydroxyl groups is 1. The number of phenolic OH excluding ortho intramolecular Hbond substituents is 1. The fourth-order valence-electron chi connectivity index (χ4n) is 1.83. The van der Waals surface area contributed by atoms with Gasteiger partial charge in [0.25, 0.3) is 10.0 Å². The minimum absolute atomic E-state index is 0.117. The average molecular weight is 342 g/mol. The summed E-state index contributed by atoms with van der Waals surface area (Å²) in [5.74, 6) is -3.79. The molecule has 0 aliphatic rings. The Morgan fingerprint density at radius 2 is 1.95 bits per heavy atom. The van der Waals surface area contributed by atoms with E-state index in [9.17, 15) is 22.3 Å². The monoisotopic (exact) mass is 342 g/mol. The SMILES string of the molecule is O=S(=O)(Nc1ccc(F)c(O)c1F)c1ccc2scnc2c1. The number of anilines is 1. The summed E-state index contributed by atoms with van der Waals surface area (Å²) in [6.45, 7) is 0. The van der Waals surface area contributed by atoms with Crippen LogP contribution in [0.2, 0.25) is 0 Å². The topological polar surface area (TPSA) is 79.3 Å². The van der Waals surface area contributed by atoms with Crippen molar-refractivity contribution in [2.75, 3.05) is 4.72 Å². The molecule has 0 saturated carbocycles. The van der Waals surface area contributed by atoms with Crippen molar-refractivity contribution in [1.82, 2.24) is 4.98 Å². The van der Waals surface area contributed by atoms with Gasteiger partial charge in [0.2, 0.25) is 0 Å². The molecule has 0 unspecified atom stereocenters. The van der Waals surface area contributed by atoms with Crippen LogP contribution in [-0.4, -0.2) is 18.5 Å². The number of phenols is 1. The normalized spacial score (nSPS) is 11.7. The quantitative estimate of drug-likeness (QED) is 0.767. The van der Waals surface area contributed by atoms with Gasteiger partial charge in [-0.15, -0.1) is 11.3 Å². The number of benzene rings is 2. The lowest BCUT2D eigenvalue weighted by Gasteiger charge is -2.10. The van der Waals surface area contributed by atoms with Gasteiger partial charge in [-0.3, -0.25) is 4.72 Å². The van der Waals surface area contributed by atoms with Crippen LogP contribution < -0.4 is 4.72 Å². The molecule has 3 aromatic rings. The molecule has 0 fully saturated rings. The average Bonchev–Trinajstić information content (AvgIpc) is 2.95. The Balaban J connectivity index is 2.01. The minimum Gasteiger partial charge on any atom is -0.503 e. The van der Waals surface area contributed by atoms with Crippen molar-refractivity contribution in [3.05, 3.63) is 47.5 Å². The molecular weight excluding hydrogens is 334 g/mol. The summed E-state index contributed by atoms with van der Waals surface area (Å²) >= 11 is 1.36. The lowest BCUT2D eigenvalue weighted by atomic mass is 10.3. The maximum Gasteiger partial charge on any atom is 0.262 e. The van der Waals surface area contributed by atoms with E-state index in [0.717, 1.165) is 16.8 Å². The molecule has 5 nitrogen and oxygen atoms in total. The van der Waals surface area contributed by atoms with Crippen molar-refractivity contribution in [1.29, 1.82) is 0 Å². The molecule has 2 aromatic carbocycles. The number of hydrogen-bond donors (Lipinski definition) is 2. The van der Waals surface area contributed by atoms with Gasteiger partial charge in [-0.2, -0.15) is 0 Å². The third-order valence-electron chi connectivity index (χ3n) is 2.92. The van der Waals surface area contributed by atoms with Crippen molar-refractivity contribution in [3.63, 3.8) is 0 Å². The number of nitrogens with zero attached hydrogens (tertiary/aromatic N) is 1. The van der Waals surface area contributed by atoms with Crippen molar-refractivity contribution >= 4 is 37.3 Å². The zero-order valence-corrected chi connectivity index (χ0v) is 12.4. The van der Waals surface area contributed by atoms with Crippen molar-refractivity contribution in [3.8, 4) is 5.75 Å². The Hall–Kier alpha value is -2.26. The molecule has 9 heteroatoms. The molecule has 0 atom stereocenters. The van der Waals surface area contributed by atoms with Gasteiger partial charge >= 0.3 is 0 Å². The molecule has 0 aliphatic carbocycles. The molecule has 3 rings (SSSR count). The van der Waals surface area contributed by atoms with Gasteiger partial charge in [-0.05, 0) is 30.3 Å². The van der Waals surface area contributed by atoms with Crippen molar-refractivity contribution < 1.29 is 22.3 Å². The number of sulfonamides is 1. The molecular formula is C13H8F2N2O3S2. The second kappa shape index (κ2) is 5.18. The number of fused-ring (bicyclic) bond motifs is 1. The van der Waals surface area contributed by atoms with Gasteiger partial charge in [-0.25, -0.2) is 22.2 Å². The molecule has 0 saturated heterocycles. The lowest BCUT2D eigenvalue weighted by Crippen LogP contribution is -2.14. The number of nitrogens with one attached hydrogen (secondary N) is 1. The standard InChI is InChI=1S/C13H8F2N2O3S2/c14-8-2-3-9(12(15)13(8)18)17-22(19,20)7-1-4-11-10(5-7)16-6-21-11/h1-6,17-18H. The van der Waals surface area contributed by atoms with Crippen molar-refractivity contribution in [2.24, 2.45) is 0 Å². The summed E-state index contributed by atoms with van der Waals surface area (Å²) in [6.07, 6.45) is 0. The first-order chi connectivity index (χ1) is 10.4. The zero-order chi connectivity index (χ0) is 15.9. The fourth-order valence-corrected chi connectivity index (χ4v) is 3.57. The van der Waals surface area contributed by atoms with E-state index in [2.05, 4.69) is 4.98 Å². The van der Waals surface area contributed by atoms with Gasteiger partial charge in [-0.1, -0.05) is 0 Å². The summed E-state index contributed by atoms with van der Waals surface area (Å²) in [4.78, 5) is 3.89. The molecule has 0 spiro atoms. The smallest absolute Gasteiger partial charge is 0.262 e. The summed E-state index contributed by atoms with van der Waals surface area (Å²) < 4.78 is 53.9. The third-order valence-corrected chi connectivity index (χ3v) is 5.10. The van der Waals surface area contributed by atoms with Gasteiger partial charge in [0.1, 0.15) is 0 Å². The summed E-state index contributed by atoms with van der Waals surface area (Å²) in [5, 5.41) is 9.17. The van der Waals surface area contributed by atoms with Gasteiger partial charge in [0.15, 0.2) is 17.4 Å². The van der Waals surface area contributed by atoms with Crippen LogP contribution in [-0.2, 0) is 10.0 Å². The molecule has 2 N–H and O–H groups in total. The van der Waals surface area contributed by atoms with E-state index in [1.807, 2.05) is 4.72 Å². The molecule has 1 heterocycles. The highest BCUT2D eigenvalue weighted by atomic mass is 32.2. The predicted molar refractivity (Wildman–Crippen MR) is 78.5 cm³/mol. The van der Waals surface area contributed by atoms with Crippen LogP contribution >= 0.6 is 11.3 Å². The molecule has 0 amide bonds. The zero-order valence-electron chi connectivity index (χ0n) is 10.7. The van der Waals surface area contributed by atoms with E-state index in [1.165, 1.54) is 23.5 Å². The van der Waals surface area contributed by atoms with Crippen LogP contribution in [0.1, 0.15) is 0 Å². The number of halogens is 2. The maximum atomic E-state index is 13.7. The first-order valence-corrected chi connectivity index (χ1v) is 8.28. The minimum atomic E-state index is -4.09. The van der Waals surface area contributed by atoms with Crippen LogP contribution in [0, 0.1) is 11.6 Å². The number of aromatic nitrogens is 1. The van der Waals surface area contributed by atoms with E-state index >= 15 is 0 Å². The molecule has 114 valence electrons. The largest absolute Gasteiger partial charge is 0.503 e. The molecule has 22 heavy (non-hydrogen) atoms. The molecule has 1 aromatic heterocycles. The Morgan fingerprint density at radius 1 is 1.18 bits per heavy atom. The van der Waals surface area contributed by atoms with E-state index < -0.39 is 33.1 Å². The molecule has 0 radical (unpaired) electrons. The highest BCUT2D eigenvalue weighted by Gasteiger charge is 2.20. The van der Waals surface area contributed by atoms with E-state index in [1.54, 1.807) is 11.6 Å². The Bertz CT molecular complexity index is 971. The fraction of sp³-hybridized carbons (Fsp3) is 0. The predicted octanol–water partition coefficient (Wildman–Crippen LogP) is 3.08. The van der Waals surface area contributed by atoms with Gasteiger partial charge in [0, 0.05) is 0 Å². The third kappa shape index (κ3) is 2.48. The van der Waals surface area contributed by atoms with Crippen molar-refractivity contribution in [2.45, 2.75) is 4.90 Å². The van der Waals surface area contributed by atoms with Crippen LogP contribution in [0.15, 0.2) is 40.7 Å². The Labute approximate surface area is 127 Å². The highest BCUT2D eigenvalue weighted by molar-refractivity contribution is 7.92. The van der Waals surface area contributed by atoms with E-state index in [0.29, 0.717) is 5.52 Å². The Morgan fingerprint density at radius 3 is 2.73 bits per heavy atom. The van der Waals surface area contributed by atoms with Crippen LogP contribution in [0.3, 0.4) is 0 Å². The van der Waals surface area contributed by atoms with E-state index in [-0.39, 0.29) is 4.90 Å². The summed E-state index contributed by atoms with van der Waals surface area (Å²) in [5.41, 5.74) is 1.53. The second-order valence-corrected chi connectivity index (χ2v) is 6.91. The molecule has 0 aliphatic heterocycles. The summed E-state index contributed by atoms with van der Waals surface area (Å²) in [6, 6.07) is 5.93. The highest BCUT2D eigenvalue weighted by Crippen LogP contribution is 2.29. The first kappa shape index (κ1) is 14.7. The van der Waals surface area contributed by atoms with Crippen LogP contribution in [0.5, 0.6) is 5.75 Å². The second-order valence-electron chi connectivity index (χ2n) is 4.34. The number of thiazole rings is 1. The lowest BCUT2D eigenvalue weighted by molar-refractivity contribution is 0.397. The Kier molecular flexibility index (Phi) is 3.45. The molecule has 0 bridgehead atoms. The van der Waals surface area contributed by atoms with Gasteiger partial charge < -0.3 is 5.11 Å². The number of hydrogen-bond acceptors (Lipinski definition) is 5.